The van der Waals surface area contributed by atoms with Gasteiger partial charge in [-0.3, -0.25) is 0 Å². The summed E-state index contributed by atoms with van der Waals surface area (Å²) >= 11 is 5.60. The number of alkyl halides is 1. The average molecular weight is 202 g/mol. The Morgan fingerprint density at radius 3 is 3.08 bits per heavy atom. The molecule has 2 unspecified atom stereocenters. The molecular formula is C9H12ClNO2. The molecule has 1 aliphatic rings. The van der Waals surface area contributed by atoms with Gasteiger partial charge in [-0.15, -0.1) is 11.6 Å². The van der Waals surface area contributed by atoms with Crippen molar-refractivity contribution in [2.24, 2.45) is 0 Å². The summed E-state index contributed by atoms with van der Waals surface area (Å²) in [5.41, 5.74) is 0. The minimum Gasteiger partial charge on any atom is -0.444 e. The predicted octanol–water partition coefficient (Wildman–Crippen LogP) is 2.31. The quantitative estimate of drug-likeness (QED) is 0.689. The van der Waals surface area contributed by atoms with E-state index in [0.717, 1.165) is 18.8 Å². The Labute approximate surface area is 82.0 Å². The number of halogens is 1. The third-order valence-electron chi connectivity index (χ3n) is 2.43. The molecule has 72 valence electrons. The van der Waals surface area contributed by atoms with E-state index < -0.39 is 0 Å². The molecule has 2 rings (SSSR count). The normalized spacial score (nSPS) is 28.2. The minimum absolute atomic E-state index is 0.233. The van der Waals surface area contributed by atoms with Crippen LogP contribution in [-0.2, 0) is 10.6 Å². The second-order valence-electron chi connectivity index (χ2n) is 3.26. The van der Waals surface area contributed by atoms with Crippen LogP contribution in [0.4, 0.5) is 0 Å². The Morgan fingerprint density at radius 2 is 2.54 bits per heavy atom. The first-order valence-electron chi connectivity index (χ1n) is 4.43. The molecule has 13 heavy (non-hydrogen) atoms. The fourth-order valence-corrected chi connectivity index (χ4v) is 1.79. The third-order valence-corrected chi connectivity index (χ3v) is 2.66. The second-order valence-corrected chi connectivity index (χ2v) is 3.53. The van der Waals surface area contributed by atoms with Gasteiger partial charge in [0, 0.05) is 12.5 Å². The molecular weight excluding hydrogens is 190 g/mol. The lowest BCUT2D eigenvalue weighted by molar-refractivity contribution is 0.115. The first kappa shape index (κ1) is 9.03. The zero-order chi connectivity index (χ0) is 9.26. The van der Waals surface area contributed by atoms with Gasteiger partial charge in [0.05, 0.1) is 18.2 Å². The van der Waals surface area contributed by atoms with Crippen LogP contribution >= 0.6 is 11.6 Å². The van der Waals surface area contributed by atoms with Gasteiger partial charge in [-0.2, -0.15) is 0 Å². The van der Waals surface area contributed by atoms with Gasteiger partial charge < -0.3 is 9.15 Å². The zero-order valence-electron chi connectivity index (χ0n) is 7.50. The average Bonchev–Trinajstić information content (AvgIpc) is 2.71. The van der Waals surface area contributed by atoms with Gasteiger partial charge in [0.15, 0.2) is 0 Å². The molecule has 3 nitrogen and oxygen atoms in total. The van der Waals surface area contributed by atoms with Crippen LogP contribution in [0.2, 0.25) is 0 Å². The molecule has 1 aliphatic heterocycles. The van der Waals surface area contributed by atoms with E-state index >= 15 is 0 Å². The standard InChI is InChI=1S/C9H12ClNO2/c1-6-7(2-3-12-6)8-5-11-9(4-10)13-8/h5-7H,2-4H2,1H3. The van der Waals surface area contributed by atoms with E-state index in [4.69, 9.17) is 20.8 Å². The molecule has 2 heterocycles. The molecule has 2 atom stereocenters. The Morgan fingerprint density at radius 1 is 1.69 bits per heavy atom. The van der Waals surface area contributed by atoms with Gasteiger partial charge in [-0.25, -0.2) is 4.98 Å². The highest BCUT2D eigenvalue weighted by molar-refractivity contribution is 6.16. The van der Waals surface area contributed by atoms with Gasteiger partial charge in [0.25, 0.3) is 0 Å². The molecule has 0 amide bonds. The van der Waals surface area contributed by atoms with Crippen molar-refractivity contribution in [2.45, 2.75) is 31.2 Å². The Kier molecular flexibility index (Phi) is 2.56. The number of hydrogen-bond donors (Lipinski definition) is 0. The van der Waals surface area contributed by atoms with E-state index in [1.54, 1.807) is 6.20 Å². The number of aromatic nitrogens is 1. The summed E-state index contributed by atoms with van der Waals surface area (Å²) in [6, 6.07) is 0. The maximum Gasteiger partial charge on any atom is 0.209 e. The molecule has 0 bridgehead atoms. The highest BCUT2D eigenvalue weighted by Gasteiger charge is 2.28. The van der Waals surface area contributed by atoms with Gasteiger partial charge in [-0.05, 0) is 13.3 Å². The maximum absolute atomic E-state index is 5.60. The van der Waals surface area contributed by atoms with Crippen LogP contribution in [0, 0.1) is 0 Å². The molecule has 0 spiro atoms. The molecule has 0 radical (unpaired) electrons. The molecule has 1 aromatic heterocycles. The highest BCUT2D eigenvalue weighted by Crippen LogP contribution is 2.31. The van der Waals surface area contributed by atoms with Crippen molar-refractivity contribution in [2.75, 3.05) is 6.61 Å². The van der Waals surface area contributed by atoms with Crippen molar-refractivity contribution in [3.63, 3.8) is 0 Å². The molecule has 0 aromatic carbocycles. The van der Waals surface area contributed by atoms with Crippen LogP contribution in [0.5, 0.6) is 0 Å². The smallest absolute Gasteiger partial charge is 0.209 e. The van der Waals surface area contributed by atoms with Gasteiger partial charge in [0.1, 0.15) is 5.76 Å². The van der Waals surface area contributed by atoms with Gasteiger partial charge in [-0.1, -0.05) is 0 Å². The predicted molar refractivity (Wildman–Crippen MR) is 48.8 cm³/mol. The van der Waals surface area contributed by atoms with Crippen LogP contribution in [0.3, 0.4) is 0 Å². The third kappa shape index (κ3) is 1.71. The lowest BCUT2D eigenvalue weighted by Gasteiger charge is -2.09. The van der Waals surface area contributed by atoms with E-state index in [1.165, 1.54) is 0 Å². The second kappa shape index (κ2) is 3.68. The van der Waals surface area contributed by atoms with E-state index in [2.05, 4.69) is 11.9 Å². The fourth-order valence-electron chi connectivity index (χ4n) is 1.66. The summed E-state index contributed by atoms with van der Waals surface area (Å²) in [7, 11) is 0. The van der Waals surface area contributed by atoms with E-state index in [0.29, 0.717) is 17.7 Å². The maximum atomic E-state index is 5.60. The summed E-state index contributed by atoms with van der Waals surface area (Å²) in [5, 5.41) is 0. The summed E-state index contributed by atoms with van der Waals surface area (Å²) < 4.78 is 10.9. The Balaban J connectivity index is 2.15. The number of nitrogens with zero attached hydrogens (tertiary/aromatic N) is 1. The number of hydrogen-bond acceptors (Lipinski definition) is 3. The summed E-state index contributed by atoms with van der Waals surface area (Å²) in [4.78, 5) is 4.06. The molecule has 4 heteroatoms. The molecule has 1 aromatic rings. The van der Waals surface area contributed by atoms with E-state index in [-0.39, 0.29) is 6.10 Å². The van der Waals surface area contributed by atoms with Crippen LogP contribution < -0.4 is 0 Å². The molecule has 0 saturated carbocycles. The molecule has 1 fully saturated rings. The Hall–Kier alpha value is -0.540. The number of oxazole rings is 1. The lowest BCUT2D eigenvalue weighted by Crippen LogP contribution is -2.08. The fraction of sp³-hybridized carbons (Fsp3) is 0.667. The van der Waals surface area contributed by atoms with Crippen molar-refractivity contribution >= 4 is 11.6 Å². The van der Waals surface area contributed by atoms with Crippen LogP contribution in [-0.4, -0.2) is 17.7 Å². The zero-order valence-corrected chi connectivity index (χ0v) is 8.25. The van der Waals surface area contributed by atoms with Crippen molar-refractivity contribution in [1.82, 2.24) is 4.98 Å². The van der Waals surface area contributed by atoms with E-state index in [1.807, 2.05) is 0 Å². The first-order valence-corrected chi connectivity index (χ1v) is 4.97. The van der Waals surface area contributed by atoms with Crippen LogP contribution in [0.1, 0.15) is 30.9 Å². The summed E-state index contributed by atoms with van der Waals surface area (Å²) in [6.07, 6.45) is 3.00. The molecule has 0 N–H and O–H groups in total. The van der Waals surface area contributed by atoms with Crippen molar-refractivity contribution in [3.8, 4) is 0 Å². The lowest BCUT2D eigenvalue weighted by atomic mass is 10.0. The van der Waals surface area contributed by atoms with Crippen molar-refractivity contribution in [3.05, 3.63) is 17.8 Å². The summed E-state index contributed by atoms with van der Waals surface area (Å²) in [5.74, 6) is 2.18. The minimum atomic E-state index is 0.233. The van der Waals surface area contributed by atoms with E-state index in [9.17, 15) is 0 Å². The molecule has 0 aliphatic carbocycles. The van der Waals surface area contributed by atoms with Crippen LogP contribution in [0.25, 0.3) is 0 Å². The highest BCUT2D eigenvalue weighted by atomic mass is 35.5. The number of ether oxygens (including phenoxy) is 1. The van der Waals surface area contributed by atoms with Crippen molar-refractivity contribution in [1.29, 1.82) is 0 Å². The Bertz CT molecular complexity index is 287. The number of rotatable bonds is 2. The monoisotopic (exact) mass is 201 g/mol. The van der Waals surface area contributed by atoms with Gasteiger partial charge >= 0.3 is 0 Å². The van der Waals surface area contributed by atoms with Crippen LogP contribution in [0.15, 0.2) is 10.6 Å². The molecule has 1 saturated heterocycles. The summed E-state index contributed by atoms with van der Waals surface area (Å²) in [6.45, 7) is 2.86. The van der Waals surface area contributed by atoms with Gasteiger partial charge in [0.2, 0.25) is 5.89 Å². The first-order chi connectivity index (χ1) is 6.31. The largest absolute Gasteiger partial charge is 0.444 e. The topological polar surface area (TPSA) is 35.3 Å². The SMILES string of the molecule is CC1OCCC1c1cnc(CCl)o1. The van der Waals surface area contributed by atoms with Crippen molar-refractivity contribution < 1.29 is 9.15 Å².